The molecule has 0 radical (unpaired) electrons. The van der Waals surface area contributed by atoms with Gasteiger partial charge >= 0.3 is 0 Å². The SMILES string of the molecule is CCc1ccc2c(c1)c(-c1ccc(Cl)cc1)c(C(=O)NCc1ccc(OC)cc1)n2C. The maximum atomic E-state index is 13.4. The minimum atomic E-state index is -0.113. The van der Waals surface area contributed by atoms with E-state index in [1.54, 1.807) is 7.11 Å². The van der Waals surface area contributed by atoms with Crippen molar-refractivity contribution in [1.82, 2.24) is 9.88 Å². The molecule has 0 aliphatic carbocycles. The fourth-order valence-corrected chi connectivity index (χ4v) is 4.02. The van der Waals surface area contributed by atoms with Crippen molar-refractivity contribution in [2.45, 2.75) is 19.9 Å². The van der Waals surface area contributed by atoms with Gasteiger partial charge in [-0.1, -0.05) is 48.9 Å². The summed E-state index contributed by atoms with van der Waals surface area (Å²) in [6.07, 6.45) is 0.934. The number of benzene rings is 3. The fraction of sp³-hybridized carbons (Fsp3) is 0.192. The maximum Gasteiger partial charge on any atom is 0.268 e. The van der Waals surface area contributed by atoms with Gasteiger partial charge in [-0.25, -0.2) is 0 Å². The van der Waals surface area contributed by atoms with Crippen LogP contribution in [0.3, 0.4) is 0 Å². The molecule has 0 aliphatic rings. The lowest BCUT2D eigenvalue weighted by Crippen LogP contribution is -2.25. The van der Waals surface area contributed by atoms with Crippen LogP contribution >= 0.6 is 11.6 Å². The first kappa shape index (κ1) is 21.0. The Labute approximate surface area is 187 Å². The molecule has 4 aromatic rings. The van der Waals surface area contributed by atoms with Crippen molar-refractivity contribution in [3.63, 3.8) is 0 Å². The van der Waals surface area contributed by atoms with Gasteiger partial charge in [0.25, 0.3) is 5.91 Å². The Hall–Kier alpha value is -3.24. The summed E-state index contributed by atoms with van der Waals surface area (Å²) in [7, 11) is 3.58. The van der Waals surface area contributed by atoms with Gasteiger partial charge in [-0.3, -0.25) is 4.79 Å². The molecule has 1 N–H and O–H groups in total. The number of nitrogens with one attached hydrogen (secondary N) is 1. The summed E-state index contributed by atoms with van der Waals surface area (Å²) < 4.78 is 7.18. The molecule has 0 unspecified atom stereocenters. The number of methoxy groups -OCH3 is 1. The van der Waals surface area contributed by atoms with Crippen molar-refractivity contribution >= 4 is 28.4 Å². The Bertz CT molecular complexity index is 1230. The normalized spacial score (nSPS) is 11.0. The first-order valence-electron chi connectivity index (χ1n) is 10.3. The third-order valence-corrected chi connectivity index (χ3v) is 5.88. The van der Waals surface area contributed by atoms with Crippen LogP contribution in [0.1, 0.15) is 28.5 Å². The van der Waals surface area contributed by atoms with Crippen molar-refractivity contribution < 1.29 is 9.53 Å². The molecule has 0 saturated carbocycles. The van der Waals surface area contributed by atoms with E-state index in [0.717, 1.165) is 39.8 Å². The van der Waals surface area contributed by atoms with Gasteiger partial charge in [-0.15, -0.1) is 0 Å². The summed E-state index contributed by atoms with van der Waals surface area (Å²) in [4.78, 5) is 13.4. The molecule has 0 saturated heterocycles. The number of aromatic nitrogens is 1. The predicted molar refractivity (Wildman–Crippen MR) is 127 cm³/mol. The van der Waals surface area contributed by atoms with Gasteiger partial charge in [0, 0.05) is 35.1 Å². The van der Waals surface area contributed by atoms with Crippen LogP contribution in [0.5, 0.6) is 5.75 Å². The highest BCUT2D eigenvalue weighted by molar-refractivity contribution is 6.30. The topological polar surface area (TPSA) is 43.3 Å². The number of ether oxygens (including phenoxy) is 1. The van der Waals surface area contributed by atoms with Crippen LogP contribution in [0, 0.1) is 0 Å². The molecule has 0 spiro atoms. The lowest BCUT2D eigenvalue weighted by molar-refractivity contribution is 0.0944. The summed E-state index contributed by atoms with van der Waals surface area (Å²) in [5.41, 5.74) is 5.80. The molecule has 0 atom stereocenters. The molecular weight excluding hydrogens is 408 g/mol. The van der Waals surface area contributed by atoms with E-state index in [9.17, 15) is 4.79 Å². The number of hydrogen-bond acceptors (Lipinski definition) is 2. The Morgan fingerprint density at radius 1 is 1.00 bits per heavy atom. The number of fused-ring (bicyclic) bond motifs is 1. The van der Waals surface area contributed by atoms with Crippen LogP contribution in [0.15, 0.2) is 66.7 Å². The van der Waals surface area contributed by atoms with Crippen molar-refractivity contribution in [3.05, 3.63) is 88.6 Å². The second-order valence-electron chi connectivity index (χ2n) is 7.53. The Kier molecular flexibility index (Phi) is 6.01. The minimum absolute atomic E-state index is 0.113. The van der Waals surface area contributed by atoms with Crippen LogP contribution in [-0.2, 0) is 20.0 Å². The predicted octanol–water partition coefficient (Wildman–Crippen LogP) is 6.00. The van der Waals surface area contributed by atoms with Gasteiger partial charge in [0.05, 0.1) is 7.11 Å². The second-order valence-corrected chi connectivity index (χ2v) is 7.96. The van der Waals surface area contributed by atoms with E-state index in [1.807, 2.05) is 60.1 Å². The summed E-state index contributed by atoms with van der Waals surface area (Å²) in [6.45, 7) is 2.57. The molecule has 1 heterocycles. The van der Waals surface area contributed by atoms with Crippen molar-refractivity contribution in [2.75, 3.05) is 7.11 Å². The van der Waals surface area contributed by atoms with Gasteiger partial charge in [-0.2, -0.15) is 0 Å². The van der Waals surface area contributed by atoms with E-state index >= 15 is 0 Å². The standard InChI is InChI=1S/C26H25ClN2O2/c1-4-17-7-14-23-22(15-17)24(19-8-10-20(27)11-9-19)25(29(23)2)26(30)28-16-18-5-12-21(31-3)13-6-18/h5-15H,4,16H2,1-3H3,(H,28,30). The average molecular weight is 433 g/mol. The van der Waals surface area contributed by atoms with E-state index in [0.29, 0.717) is 17.3 Å². The summed E-state index contributed by atoms with van der Waals surface area (Å²) >= 11 is 6.12. The molecule has 5 heteroatoms. The number of carbonyl (C=O) groups is 1. The third-order valence-electron chi connectivity index (χ3n) is 5.63. The van der Waals surface area contributed by atoms with Gasteiger partial charge < -0.3 is 14.6 Å². The van der Waals surface area contributed by atoms with Gasteiger partial charge in [0.2, 0.25) is 0 Å². The monoisotopic (exact) mass is 432 g/mol. The first-order chi connectivity index (χ1) is 15.0. The zero-order chi connectivity index (χ0) is 22.0. The zero-order valence-electron chi connectivity index (χ0n) is 17.9. The minimum Gasteiger partial charge on any atom is -0.497 e. The van der Waals surface area contributed by atoms with Crippen molar-refractivity contribution in [3.8, 4) is 16.9 Å². The Balaban J connectivity index is 1.76. The Morgan fingerprint density at radius 2 is 1.68 bits per heavy atom. The molecule has 0 fully saturated rings. The van der Waals surface area contributed by atoms with Gasteiger partial charge in [0.15, 0.2) is 0 Å². The number of aryl methyl sites for hydroxylation is 2. The average Bonchev–Trinajstić information content (AvgIpc) is 3.10. The molecule has 4 nitrogen and oxygen atoms in total. The summed E-state index contributed by atoms with van der Waals surface area (Å²) in [6, 6.07) is 21.7. The molecule has 158 valence electrons. The number of rotatable bonds is 6. The van der Waals surface area contributed by atoms with Crippen LogP contribution in [-0.4, -0.2) is 17.6 Å². The number of carbonyl (C=O) groups excluding carboxylic acids is 1. The van der Waals surface area contributed by atoms with Gasteiger partial charge in [-0.05, 0) is 59.5 Å². The molecule has 0 bridgehead atoms. The number of hydrogen-bond donors (Lipinski definition) is 1. The van der Waals surface area contributed by atoms with Gasteiger partial charge in [0.1, 0.15) is 11.4 Å². The second kappa shape index (κ2) is 8.86. The van der Waals surface area contributed by atoms with E-state index in [-0.39, 0.29) is 5.91 Å². The lowest BCUT2D eigenvalue weighted by atomic mass is 9.99. The highest BCUT2D eigenvalue weighted by Gasteiger charge is 2.22. The molecule has 3 aromatic carbocycles. The summed E-state index contributed by atoms with van der Waals surface area (Å²) in [5, 5.41) is 4.82. The van der Waals surface area contributed by atoms with Crippen LogP contribution in [0.2, 0.25) is 5.02 Å². The highest BCUT2D eigenvalue weighted by atomic mass is 35.5. The first-order valence-corrected chi connectivity index (χ1v) is 10.7. The van der Waals surface area contributed by atoms with E-state index < -0.39 is 0 Å². The van der Waals surface area contributed by atoms with Crippen LogP contribution < -0.4 is 10.1 Å². The van der Waals surface area contributed by atoms with E-state index in [1.165, 1.54) is 5.56 Å². The van der Waals surface area contributed by atoms with Crippen LogP contribution in [0.25, 0.3) is 22.0 Å². The van der Waals surface area contributed by atoms with E-state index in [4.69, 9.17) is 16.3 Å². The largest absolute Gasteiger partial charge is 0.497 e. The fourth-order valence-electron chi connectivity index (χ4n) is 3.90. The van der Waals surface area contributed by atoms with E-state index in [2.05, 4.69) is 30.4 Å². The summed E-state index contributed by atoms with van der Waals surface area (Å²) in [5.74, 6) is 0.679. The highest BCUT2D eigenvalue weighted by Crippen LogP contribution is 2.36. The molecular formula is C26H25ClN2O2. The number of nitrogens with zero attached hydrogens (tertiary/aromatic N) is 1. The third kappa shape index (κ3) is 4.17. The molecule has 1 amide bonds. The number of amides is 1. The van der Waals surface area contributed by atoms with Crippen LogP contribution in [0.4, 0.5) is 0 Å². The maximum absolute atomic E-state index is 13.4. The quantitative estimate of drug-likeness (QED) is 0.406. The molecule has 0 aliphatic heterocycles. The zero-order valence-corrected chi connectivity index (χ0v) is 18.7. The molecule has 1 aromatic heterocycles. The molecule has 4 rings (SSSR count). The smallest absolute Gasteiger partial charge is 0.268 e. The molecule has 31 heavy (non-hydrogen) atoms. The lowest BCUT2D eigenvalue weighted by Gasteiger charge is -2.10. The Morgan fingerprint density at radius 3 is 2.32 bits per heavy atom. The van der Waals surface area contributed by atoms with Crippen molar-refractivity contribution in [2.24, 2.45) is 7.05 Å². The number of halogens is 1. The van der Waals surface area contributed by atoms with Crippen molar-refractivity contribution in [1.29, 1.82) is 0 Å².